The fraction of sp³-hybridized carbons (Fsp3) is 0.636. The van der Waals surface area contributed by atoms with Crippen molar-refractivity contribution in [3.05, 3.63) is 48.0 Å². The third kappa shape index (κ3) is 7.24. The number of carboxylic acids is 3. The van der Waals surface area contributed by atoms with E-state index >= 15 is 0 Å². The summed E-state index contributed by atoms with van der Waals surface area (Å²) in [7, 11) is 0. The van der Waals surface area contributed by atoms with Crippen molar-refractivity contribution in [2.45, 2.75) is 108 Å². The van der Waals surface area contributed by atoms with E-state index in [1.807, 2.05) is 58.0 Å². The predicted molar refractivity (Wildman–Crippen MR) is 160 cm³/mol. The Bertz CT molecular complexity index is 1250. The Morgan fingerprint density at radius 3 is 2.16 bits per heavy atom. The number of carboxylic acid groups (broad SMARTS) is 3. The first-order chi connectivity index (χ1) is 21.0. The number of allylic oxidation sites excluding steroid dienone is 1. The Hall–Kier alpha value is -3.32. The van der Waals surface area contributed by atoms with Crippen LogP contribution in [0.25, 0.3) is 0 Å². The third-order valence-electron chi connectivity index (χ3n) is 9.10. The topological polar surface area (TPSA) is 197 Å². The molecule has 10 atom stereocenters. The van der Waals surface area contributed by atoms with Crippen molar-refractivity contribution in [3.8, 4) is 0 Å². The van der Waals surface area contributed by atoms with Crippen LogP contribution in [0.3, 0.4) is 0 Å². The van der Waals surface area contributed by atoms with Crippen molar-refractivity contribution in [1.29, 1.82) is 0 Å². The van der Waals surface area contributed by atoms with E-state index in [2.05, 4.69) is 6.92 Å². The first-order valence-electron chi connectivity index (χ1n) is 15.4. The van der Waals surface area contributed by atoms with Crippen LogP contribution < -0.4 is 0 Å². The lowest BCUT2D eigenvalue weighted by molar-refractivity contribution is -0.374. The number of carbonyl (C=O) groups is 4. The molecular weight excluding hydrogens is 588 g/mol. The summed E-state index contributed by atoms with van der Waals surface area (Å²) in [6.07, 6.45) is -1.52. The molecule has 12 nitrogen and oxygen atoms in total. The monoisotopic (exact) mass is 634 g/mol. The predicted octanol–water partition coefficient (Wildman–Crippen LogP) is 3.42. The van der Waals surface area contributed by atoms with Crippen LogP contribution in [0.2, 0.25) is 0 Å². The second-order valence-corrected chi connectivity index (χ2v) is 12.9. The number of fused-ring (bicyclic) bond motifs is 2. The van der Waals surface area contributed by atoms with E-state index in [9.17, 15) is 44.7 Å². The Labute approximate surface area is 263 Å². The summed E-state index contributed by atoms with van der Waals surface area (Å²) in [5, 5.41) is 53.2. The maximum absolute atomic E-state index is 12.9. The minimum absolute atomic E-state index is 0.0585. The largest absolute Gasteiger partial charge is 0.479 e. The average Bonchev–Trinajstić information content (AvgIpc) is 3.19. The number of hydrogen-bond donors (Lipinski definition) is 5. The molecule has 2 heterocycles. The minimum Gasteiger partial charge on any atom is -0.479 e. The van der Waals surface area contributed by atoms with Crippen LogP contribution >= 0.6 is 0 Å². The van der Waals surface area contributed by atoms with Gasteiger partial charge in [0.2, 0.25) is 23.1 Å². The summed E-state index contributed by atoms with van der Waals surface area (Å²) < 4.78 is 16.6. The van der Waals surface area contributed by atoms with Crippen LogP contribution in [0.1, 0.15) is 72.3 Å². The third-order valence-corrected chi connectivity index (χ3v) is 9.10. The molecule has 2 bridgehead atoms. The van der Waals surface area contributed by atoms with E-state index in [0.717, 1.165) is 30.9 Å². The van der Waals surface area contributed by atoms with Gasteiger partial charge in [-0.05, 0) is 54.9 Å². The van der Waals surface area contributed by atoms with Crippen molar-refractivity contribution in [2.75, 3.05) is 0 Å². The van der Waals surface area contributed by atoms with Crippen molar-refractivity contribution >= 4 is 23.9 Å². The first-order valence-corrected chi connectivity index (χ1v) is 15.4. The highest BCUT2D eigenvalue weighted by Gasteiger charge is 2.85. The quantitative estimate of drug-likeness (QED) is 0.131. The van der Waals surface area contributed by atoms with E-state index in [1.165, 1.54) is 6.08 Å². The summed E-state index contributed by atoms with van der Waals surface area (Å²) in [5.41, 5.74) is -6.06. The van der Waals surface area contributed by atoms with Crippen LogP contribution in [-0.4, -0.2) is 84.7 Å². The number of hydrogen-bond acceptors (Lipinski definition) is 9. The molecule has 2 aliphatic rings. The minimum atomic E-state index is -3.79. The maximum atomic E-state index is 12.9. The molecular formula is C33H46O12. The average molecular weight is 635 g/mol. The molecule has 0 spiro atoms. The van der Waals surface area contributed by atoms with E-state index in [1.54, 1.807) is 0 Å². The Morgan fingerprint density at radius 2 is 1.60 bits per heavy atom. The molecule has 0 amide bonds. The molecule has 2 saturated heterocycles. The van der Waals surface area contributed by atoms with Crippen LogP contribution in [0.5, 0.6) is 0 Å². The highest BCUT2D eigenvalue weighted by Crippen LogP contribution is 2.55. The Kier molecular flexibility index (Phi) is 11.6. The number of aliphatic hydroxyl groups is 2. The van der Waals surface area contributed by atoms with Gasteiger partial charge in [0, 0.05) is 12.5 Å². The standard InChI is InChI=1S/C33H46O12/c1-6-19(2)16-20(3)12-13-24(34)43-26-25(35)31(15-14-21(4)17-22(5)18-23-10-8-7-9-11-23)44-27(28(36)37)32(42,29(38)39)33(26,45-31)30(40)41/h7-13,19-22,25-27,35,42H,6,14-18H2,1-5H3,(H,36,37)(H,38,39)(H,40,41)/b13-12+/t19-,20+,21-,22-,25+,26+,27+,31-,32+,33-/m0/s1. The Morgan fingerprint density at radius 1 is 0.956 bits per heavy atom. The Balaban J connectivity index is 1.93. The van der Waals surface area contributed by atoms with Crippen LogP contribution in [0, 0.1) is 23.7 Å². The zero-order valence-corrected chi connectivity index (χ0v) is 26.4. The molecule has 0 unspecified atom stereocenters. The molecule has 250 valence electrons. The van der Waals surface area contributed by atoms with E-state index in [4.69, 9.17) is 14.2 Å². The van der Waals surface area contributed by atoms with Gasteiger partial charge in [-0.2, -0.15) is 0 Å². The second-order valence-electron chi connectivity index (χ2n) is 12.9. The normalized spacial score (nSPS) is 32.0. The molecule has 1 aromatic carbocycles. The van der Waals surface area contributed by atoms with Crippen LogP contribution in [0.15, 0.2) is 42.5 Å². The van der Waals surface area contributed by atoms with E-state index in [0.29, 0.717) is 12.3 Å². The zero-order valence-electron chi connectivity index (χ0n) is 26.4. The number of esters is 1. The molecule has 0 saturated carbocycles. The number of ether oxygens (including phenoxy) is 3. The van der Waals surface area contributed by atoms with Crippen molar-refractivity contribution in [3.63, 3.8) is 0 Å². The SMILES string of the molecule is CC[C@H](C)C[C@H](C)/C=C/C(=O)O[C@@H]1[C@@H](O)[C@@]2(CC[C@H](C)C[C@H](C)Cc3ccccc3)O[C@H](C(=O)O)[C@@](O)(C(=O)O)[C@]1(C(=O)O)O2. The number of carbonyl (C=O) groups excluding carboxylic acids is 1. The van der Waals surface area contributed by atoms with Gasteiger partial charge >= 0.3 is 23.9 Å². The lowest BCUT2D eigenvalue weighted by atomic mass is 9.74. The van der Waals surface area contributed by atoms with E-state index in [-0.39, 0.29) is 30.6 Å². The summed E-state index contributed by atoms with van der Waals surface area (Å²) >= 11 is 0. The number of aliphatic hydroxyl groups excluding tert-OH is 1. The molecule has 2 aliphatic heterocycles. The second kappa shape index (κ2) is 14.4. The van der Waals surface area contributed by atoms with Crippen molar-refractivity contribution in [1.82, 2.24) is 0 Å². The lowest BCUT2D eigenvalue weighted by Crippen LogP contribution is -2.78. The lowest BCUT2D eigenvalue weighted by Gasteiger charge is -2.48. The van der Waals surface area contributed by atoms with Gasteiger partial charge in [-0.3, -0.25) is 0 Å². The summed E-state index contributed by atoms with van der Waals surface area (Å²) in [4.78, 5) is 50.5. The summed E-state index contributed by atoms with van der Waals surface area (Å²) in [6.45, 7) is 9.91. The molecule has 12 heteroatoms. The van der Waals surface area contributed by atoms with Gasteiger partial charge in [0.25, 0.3) is 0 Å². The van der Waals surface area contributed by atoms with E-state index < -0.39 is 59.2 Å². The van der Waals surface area contributed by atoms with Crippen molar-refractivity contribution < 1.29 is 58.9 Å². The molecule has 45 heavy (non-hydrogen) atoms. The molecule has 3 rings (SSSR count). The molecule has 0 aromatic heterocycles. The summed E-state index contributed by atoms with van der Waals surface area (Å²) in [5.74, 6) is -9.54. The fourth-order valence-electron chi connectivity index (χ4n) is 6.58. The van der Waals surface area contributed by atoms with Gasteiger partial charge in [0.1, 0.15) is 6.10 Å². The molecule has 0 aliphatic carbocycles. The highest BCUT2D eigenvalue weighted by atomic mass is 16.8. The molecule has 5 N–H and O–H groups in total. The van der Waals surface area contributed by atoms with Gasteiger partial charge in [-0.15, -0.1) is 0 Å². The van der Waals surface area contributed by atoms with Gasteiger partial charge in [-0.1, -0.05) is 77.4 Å². The van der Waals surface area contributed by atoms with Crippen LogP contribution in [-0.2, 0) is 39.8 Å². The summed E-state index contributed by atoms with van der Waals surface area (Å²) in [6, 6.07) is 9.85. The molecule has 2 fully saturated rings. The number of rotatable bonds is 16. The van der Waals surface area contributed by atoms with Crippen LogP contribution in [0.4, 0.5) is 0 Å². The fourth-order valence-corrected chi connectivity index (χ4v) is 6.58. The number of benzene rings is 1. The highest BCUT2D eigenvalue weighted by molar-refractivity contribution is 5.98. The van der Waals surface area contributed by atoms with Gasteiger partial charge in [-0.25, -0.2) is 19.2 Å². The van der Waals surface area contributed by atoms with Crippen molar-refractivity contribution in [2.24, 2.45) is 23.7 Å². The smallest absolute Gasteiger partial charge is 0.344 e. The molecule has 0 radical (unpaired) electrons. The van der Waals surface area contributed by atoms with Gasteiger partial charge < -0.3 is 39.7 Å². The van der Waals surface area contributed by atoms with Gasteiger partial charge in [0.15, 0.2) is 6.10 Å². The van der Waals surface area contributed by atoms with Gasteiger partial charge in [0.05, 0.1) is 0 Å². The zero-order chi connectivity index (χ0) is 33.7. The first kappa shape index (κ1) is 36.2. The number of aliphatic carboxylic acids is 3. The molecule has 1 aromatic rings. The maximum Gasteiger partial charge on any atom is 0.344 e.